The van der Waals surface area contributed by atoms with Gasteiger partial charge in [0.05, 0.1) is 22.7 Å². The predicted molar refractivity (Wildman–Crippen MR) is 94.0 cm³/mol. The van der Waals surface area contributed by atoms with E-state index in [0.717, 1.165) is 12.0 Å². The molecular weight excluding hydrogens is 308 g/mol. The first-order valence-corrected chi connectivity index (χ1v) is 8.09. The molecule has 0 spiro atoms. The van der Waals surface area contributed by atoms with Crippen LogP contribution in [0.25, 0.3) is 0 Å². The van der Waals surface area contributed by atoms with Crippen LogP contribution in [0.1, 0.15) is 37.4 Å². The van der Waals surface area contributed by atoms with Gasteiger partial charge in [0.1, 0.15) is 0 Å². The Kier molecular flexibility index (Phi) is 5.56. The number of para-hydroxylation sites is 1. The lowest BCUT2D eigenvalue weighted by molar-refractivity contribution is 0.0959. The van der Waals surface area contributed by atoms with E-state index in [4.69, 9.17) is 6.42 Å². The van der Waals surface area contributed by atoms with Crippen molar-refractivity contribution >= 4 is 28.8 Å². The number of terminal acetylenes is 1. The molecule has 0 saturated heterocycles. The van der Waals surface area contributed by atoms with Gasteiger partial charge in [0.15, 0.2) is 0 Å². The molecule has 0 aliphatic carbocycles. The minimum absolute atomic E-state index is 0.144. The lowest BCUT2D eigenvalue weighted by atomic mass is 10.1. The Labute approximate surface area is 139 Å². The second kappa shape index (κ2) is 7.61. The number of benzene rings is 1. The van der Waals surface area contributed by atoms with Crippen molar-refractivity contribution in [2.45, 2.75) is 20.3 Å². The van der Waals surface area contributed by atoms with Gasteiger partial charge in [-0.25, -0.2) is 0 Å². The highest BCUT2D eigenvalue weighted by Crippen LogP contribution is 2.24. The van der Waals surface area contributed by atoms with Crippen LogP contribution in [0.15, 0.2) is 30.3 Å². The summed E-state index contributed by atoms with van der Waals surface area (Å²) in [5.74, 6) is 1.83. The fourth-order valence-electron chi connectivity index (χ4n) is 2.18. The molecule has 4 nitrogen and oxygen atoms in total. The molecule has 0 saturated carbocycles. The minimum Gasteiger partial charge on any atom is -0.341 e. The summed E-state index contributed by atoms with van der Waals surface area (Å²) in [6, 6.07) is 8.73. The highest BCUT2D eigenvalue weighted by Gasteiger charge is 2.16. The van der Waals surface area contributed by atoms with Crippen LogP contribution in [0.5, 0.6) is 0 Å². The summed E-state index contributed by atoms with van der Waals surface area (Å²) in [7, 11) is 0. The Morgan fingerprint density at radius 3 is 2.65 bits per heavy atom. The van der Waals surface area contributed by atoms with Crippen molar-refractivity contribution in [1.82, 2.24) is 5.32 Å². The van der Waals surface area contributed by atoms with E-state index >= 15 is 0 Å². The van der Waals surface area contributed by atoms with Crippen molar-refractivity contribution in [3.8, 4) is 12.3 Å². The van der Waals surface area contributed by atoms with Crippen molar-refractivity contribution in [2.75, 3.05) is 11.9 Å². The summed E-state index contributed by atoms with van der Waals surface area (Å²) < 4.78 is 0. The summed E-state index contributed by atoms with van der Waals surface area (Å²) >= 11 is 1.48. The number of carbonyl (C=O) groups excluding carboxylic acids is 2. The van der Waals surface area contributed by atoms with Crippen LogP contribution < -0.4 is 10.6 Å². The normalized spacial score (nSPS) is 9.96. The quantitative estimate of drug-likeness (QED) is 0.829. The van der Waals surface area contributed by atoms with E-state index in [1.807, 2.05) is 13.0 Å². The molecule has 0 aliphatic rings. The molecule has 0 bridgehead atoms. The number of thiophene rings is 1. The van der Waals surface area contributed by atoms with E-state index in [0.29, 0.717) is 16.1 Å². The molecule has 23 heavy (non-hydrogen) atoms. The van der Waals surface area contributed by atoms with Gasteiger partial charge in [0, 0.05) is 4.88 Å². The zero-order valence-electron chi connectivity index (χ0n) is 13.1. The standard InChI is InChI=1S/C18H18N2O2S/c1-4-10-19-17(21)13-8-6-7-9-14(13)20-18(22)16-11-12(3)15(5-2)23-16/h1,6-9,11H,5,10H2,2-3H3,(H,19,21)(H,20,22). The zero-order chi connectivity index (χ0) is 16.8. The van der Waals surface area contributed by atoms with Gasteiger partial charge >= 0.3 is 0 Å². The molecule has 2 rings (SSSR count). The first-order chi connectivity index (χ1) is 11.1. The summed E-state index contributed by atoms with van der Waals surface area (Å²) in [5, 5.41) is 5.41. The molecule has 0 aliphatic heterocycles. The highest BCUT2D eigenvalue weighted by molar-refractivity contribution is 7.14. The average Bonchev–Trinajstić information content (AvgIpc) is 2.94. The fourth-order valence-corrected chi connectivity index (χ4v) is 3.19. The van der Waals surface area contributed by atoms with Gasteiger partial charge in [-0.2, -0.15) is 0 Å². The maximum absolute atomic E-state index is 12.4. The number of amides is 2. The number of hydrogen-bond donors (Lipinski definition) is 2. The zero-order valence-corrected chi connectivity index (χ0v) is 13.9. The molecule has 0 atom stereocenters. The SMILES string of the molecule is C#CCNC(=O)c1ccccc1NC(=O)c1cc(C)c(CC)s1. The lowest BCUT2D eigenvalue weighted by Crippen LogP contribution is -2.25. The van der Waals surface area contributed by atoms with E-state index in [1.54, 1.807) is 24.3 Å². The van der Waals surface area contributed by atoms with E-state index in [1.165, 1.54) is 16.2 Å². The molecule has 1 heterocycles. The molecule has 5 heteroatoms. The Morgan fingerprint density at radius 1 is 1.26 bits per heavy atom. The van der Waals surface area contributed by atoms with Crippen LogP contribution >= 0.6 is 11.3 Å². The number of carbonyl (C=O) groups is 2. The number of rotatable bonds is 5. The summed E-state index contributed by atoms with van der Waals surface area (Å²) in [6.07, 6.45) is 6.04. The third-order valence-electron chi connectivity index (χ3n) is 3.34. The smallest absolute Gasteiger partial charge is 0.265 e. The van der Waals surface area contributed by atoms with E-state index in [-0.39, 0.29) is 18.4 Å². The molecule has 0 radical (unpaired) electrons. The van der Waals surface area contributed by atoms with Crippen molar-refractivity contribution in [1.29, 1.82) is 0 Å². The fraction of sp³-hybridized carbons (Fsp3) is 0.222. The van der Waals surface area contributed by atoms with Crippen LogP contribution in [0.4, 0.5) is 5.69 Å². The summed E-state index contributed by atoms with van der Waals surface area (Å²) in [5.41, 5.74) is 1.97. The summed E-state index contributed by atoms with van der Waals surface area (Å²) in [6.45, 7) is 4.20. The minimum atomic E-state index is -0.310. The molecule has 2 N–H and O–H groups in total. The third kappa shape index (κ3) is 3.99. The third-order valence-corrected chi connectivity index (χ3v) is 4.72. The molecule has 1 aromatic heterocycles. The largest absolute Gasteiger partial charge is 0.341 e. The van der Waals surface area contributed by atoms with Crippen molar-refractivity contribution in [2.24, 2.45) is 0 Å². The lowest BCUT2D eigenvalue weighted by Gasteiger charge is -2.09. The molecule has 118 valence electrons. The Hall–Kier alpha value is -2.58. The van der Waals surface area contributed by atoms with Gasteiger partial charge in [-0.05, 0) is 37.1 Å². The van der Waals surface area contributed by atoms with Crippen molar-refractivity contribution < 1.29 is 9.59 Å². The van der Waals surface area contributed by atoms with Gasteiger partial charge in [0.25, 0.3) is 11.8 Å². The number of anilines is 1. The van der Waals surface area contributed by atoms with Crippen molar-refractivity contribution in [3.63, 3.8) is 0 Å². The molecule has 1 aromatic carbocycles. The first-order valence-electron chi connectivity index (χ1n) is 7.28. The van der Waals surface area contributed by atoms with Crippen LogP contribution in [0, 0.1) is 19.3 Å². The second-order valence-corrected chi connectivity index (χ2v) is 6.09. The number of hydrogen-bond acceptors (Lipinski definition) is 3. The summed E-state index contributed by atoms with van der Waals surface area (Å²) in [4.78, 5) is 26.3. The van der Waals surface area contributed by atoms with Gasteiger partial charge in [-0.15, -0.1) is 17.8 Å². The average molecular weight is 326 g/mol. The van der Waals surface area contributed by atoms with Gasteiger partial charge in [-0.1, -0.05) is 25.0 Å². The monoisotopic (exact) mass is 326 g/mol. The highest BCUT2D eigenvalue weighted by atomic mass is 32.1. The van der Waals surface area contributed by atoms with Crippen LogP contribution in [-0.2, 0) is 6.42 Å². The molecule has 0 unspecified atom stereocenters. The van der Waals surface area contributed by atoms with Crippen LogP contribution in [-0.4, -0.2) is 18.4 Å². The maximum Gasteiger partial charge on any atom is 0.265 e. The molecular formula is C18H18N2O2S. The number of nitrogens with one attached hydrogen (secondary N) is 2. The predicted octanol–water partition coefficient (Wildman–Crippen LogP) is 3.23. The topological polar surface area (TPSA) is 58.2 Å². The van der Waals surface area contributed by atoms with E-state index in [9.17, 15) is 9.59 Å². The maximum atomic E-state index is 12.4. The number of aryl methyl sites for hydroxylation is 2. The van der Waals surface area contributed by atoms with Gasteiger partial charge in [0.2, 0.25) is 0 Å². The van der Waals surface area contributed by atoms with Crippen LogP contribution in [0.3, 0.4) is 0 Å². The molecule has 0 fully saturated rings. The van der Waals surface area contributed by atoms with Gasteiger partial charge in [-0.3, -0.25) is 9.59 Å². The second-order valence-electron chi connectivity index (χ2n) is 4.96. The molecule has 2 amide bonds. The Balaban J connectivity index is 2.21. The Bertz CT molecular complexity index is 772. The van der Waals surface area contributed by atoms with E-state index < -0.39 is 0 Å². The van der Waals surface area contributed by atoms with E-state index in [2.05, 4.69) is 23.5 Å². The first kappa shape index (κ1) is 16.8. The molecule has 2 aromatic rings. The Morgan fingerprint density at radius 2 is 2.00 bits per heavy atom. The van der Waals surface area contributed by atoms with Crippen molar-refractivity contribution in [3.05, 3.63) is 51.2 Å². The van der Waals surface area contributed by atoms with Gasteiger partial charge < -0.3 is 10.6 Å². The van der Waals surface area contributed by atoms with Crippen LogP contribution in [0.2, 0.25) is 0 Å².